The number of halogens is 3. The molecule has 0 saturated carbocycles. The molecule has 0 aliphatic carbocycles. The van der Waals surface area contributed by atoms with Gasteiger partial charge in [0.05, 0.1) is 0 Å². The fourth-order valence-corrected chi connectivity index (χ4v) is 2.27. The van der Waals surface area contributed by atoms with E-state index in [1.807, 2.05) is 25.1 Å². The van der Waals surface area contributed by atoms with E-state index < -0.39 is 6.61 Å². The Morgan fingerprint density at radius 1 is 1.08 bits per heavy atom. The van der Waals surface area contributed by atoms with Crippen LogP contribution >= 0.6 is 24.0 Å². The van der Waals surface area contributed by atoms with E-state index in [0.29, 0.717) is 24.6 Å². The van der Waals surface area contributed by atoms with E-state index in [1.54, 1.807) is 25.2 Å². The van der Waals surface area contributed by atoms with Gasteiger partial charge < -0.3 is 15.4 Å². The average molecular weight is 461 g/mol. The second-order valence-electron chi connectivity index (χ2n) is 5.25. The Kier molecular flexibility index (Phi) is 9.18. The Bertz CT molecular complexity index is 696. The van der Waals surface area contributed by atoms with Crippen molar-refractivity contribution in [2.75, 3.05) is 7.05 Å². The quantitative estimate of drug-likeness (QED) is 0.387. The van der Waals surface area contributed by atoms with Gasteiger partial charge in [-0.05, 0) is 18.6 Å². The summed E-state index contributed by atoms with van der Waals surface area (Å²) in [7, 11) is 1.66. The van der Waals surface area contributed by atoms with Gasteiger partial charge in [0.1, 0.15) is 5.75 Å². The number of nitrogens with one attached hydrogen (secondary N) is 2. The van der Waals surface area contributed by atoms with Gasteiger partial charge in [0, 0.05) is 25.7 Å². The molecule has 0 aromatic heterocycles. The number of alkyl halides is 2. The highest BCUT2D eigenvalue weighted by molar-refractivity contribution is 14.0. The smallest absolute Gasteiger partial charge is 0.387 e. The maximum atomic E-state index is 12.4. The molecule has 2 aromatic rings. The Morgan fingerprint density at radius 2 is 1.80 bits per heavy atom. The molecular formula is C18H22F2IN3O. The second kappa shape index (κ2) is 10.9. The van der Waals surface area contributed by atoms with Crippen LogP contribution in [0.1, 0.15) is 16.7 Å². The third-order valence-electron chi connectivity index (χ3n) is 3.40. The summed E-state index contributed by atoms with van der Waals surface area (Å²) >= 11 is 0. The SMILES string of the molecule is CN=C(NCc1cccc(C)c1)NCc1ccccc1OC(F)F.I. The standard InChI is InChI=1S/C18H21F2N3O.HI/c1-13-6-5-7-14(10-13)11-22-18(21-2)23-12-15-8-3-4-9-16(15)24-17(19)20;/h3-10,17H,11-12H2,1-2H3,(H2,21,22,23);1H. The molecule has 0 saturated heterocycles. The van der Waals surface area contributed by atoms with Crippen LogP contribution in [0, 0.1) is 6.92 Å². The molecule has 0 amide bonds. The molecule has 0 bridgehead atoms. The minimum absolute atomic E-state index is 0. The molecule has 0 unspecified atom stereocenters. The molecule has 136 valence electrons. The van der Waals surface area contributed by atoms with Crippen LogP contribution in [0.2, 0.25) is 0 Å². The first-order valence-electron chi connectivity index (χ1n) is 7.61. The lowest BCUT2D eigenvalue weighted by Gasteiger charge is -2.14. The Balaban J connectivity index is 0.00000312. The number of ether oxygens (including phenoxy) is 1. The predicted molar refractivity (Wildman–Crippen MR) is 107 cm³/mol. The molecule has 0 radical (unpaired) electrons. The summed E-state index contributed by atoms with van der Waals surface area (Å²) in [4.78, 5) is 4.14. The molecule has 0 atom stereocenters. The number of guanidine groups is 1. The third-order valence-corrected chi connectivity index (χ3v) is 3.40. The molecule has 7 heteroatoms. The van der Waals surface area contributed by atoms with Crippen molar-refractivity contribution >= 4 is 29.9 Å². The molecule has 0 fully saturated rings. The third kappa shape index (κ3) is 7.25. The van der Waals surface area contributed by atoms with Gasteiger partial charge in [0.15, 0.2) is 5.96 Å². The van der Waals surface area contributed by atoms with Crippen LogP contribution in [-0.2, 0) is 13.1 Å². The Labute approximate surface area is 163 Å². The highest BCUT2D eigenvalue weighted by Crippen LogP contribution is 2.19. The summed E-state index contributed by atoms with van der Waals surface area (Å²) in [6.07, 6.45) is 0. The molecule has 0 aliphatic rings. The zero-order chi connectivity index (χ0) is 17.4. The van der Waals surface area contributed by atoms with Crippen molar-refractivity contribution in [1.82, 2.24) is 10.6 Å². The van der Waals surface area contributed by atoms with E-state index in [2.05, 4.69) is 26.4 Å². The first-order valence-corrected chi connectivity index (χ1v) is 7.61. The van der Waals surface area contributed by atoms with Crippen molar-refractivity contribution in [2.45, 2.75) is 26.6 Å². The highest BCUT2D eigenvalue weighted by Gasteiger charge is 2.09. The number of hydrogen-bond acceptors (Lipinski definition) is 2. The van der Waals surface area contributed by atoms with Gasteiger partial charge in [-0.15, -0.1) is 24.0 Å². The number of rotatable bonds is 6. The summed E-state index contributed by atoms with van der Waals surface area (Å²) in [6, 6.07) is 14.8. The first kappa shape index (κ1) is 21.1. The maximum Gasteiger partial charge on any atom is 0.387 e. The molecule has 0 spiro atoms. The summed E-state index contributed by atoms with van der Waals surface area (Å²) < 4.78 is 29.4. The summed E-state index contributed by atoms with van der Waals surface area (Å²) in [5, 5.41) is 6.29. The number of para-hydroxylation sites is 1. The first-order chi connectivity index (χ1) is 11.6. The zero-order valence-corrected chi connectivity index (χ0v) is 16.5. The monoisotopic (exact) mass is 461 g/mol. The highest BCUT2D eigenvalue weighted by atomic mass is 127. The van der Waals surface area contributed by atoms with E-state index in [4.69, 9.17) is 0 Å². The Morgan fingerprint density at radius 3 is 2.48 bits per heavy atom. The number of aliphatic imine (C=N–C) groups is 1. The van der Waals surface area contributed by atoms with Crippen molar-refractivity contribution in [2.24, 2.45) is 4.99 Å². The molecular weight excluding hydrogens is 439 g/mol. The van der Waals surface area contributed by atoms with Crippen LogP contribution in [0.15, 0.2) is 53.5 Å². The maximum absolute atomic E-state index is 12.4. The van der Waals surface area contributed by atoms with Crippen molar-refractivity contribution in [3.05, 3.63) is 65.2 Å². The summed E-state index contributed by atoms with van der Waals surface area (Å²) in [5.74, 6) is 0.748. The summed E-state index contributed by atoms with van der Waals surface area (Å²) in [6.45, 7) is 0.147. The van der Waals surface area contributed by atoms with Gasteiger partial charge in [0.25, 0.3) is 0 Å². The van der Waals surface area contributed by atoms with Crippen molar-refractivity contribution < 1.29 is 13.5 Å². The molecule has 2 rings (SSSR count). The lowest BCUT2D eigenvalue weighted by Crippen LogP contribution is -2.36. The van der Waals surface area contributed by atoms with Crippen LogP contribution < -0.4 is 15.4 Å². The number of hydrogen-bond donors (Lipinski definition) is 2. The Hall–Kier alpha value is -1.90. The van der Waals surface area contributed by atoms with Gasteiger partial charge in [-0.2, -0.15) is 8.78 Å². The molecule has 0 heterocycles. The average Bonchev–Trinajstić information content (AvgIpc) is 2.56. The molecule has 0 aliphatic heterocycles. The van der Waals surface area contributed by atoms with Gasteiger partial charge in [-0.3, -0.25) is 4.99 Å². The molecule has 2 aromatic carbocycles. The minimum Gasteiger partial charge on any atom is -0.434 e. The molecule has 2 N–H and O–H groups in total. The van der Waals surface area contributed by atoms with Crippen molar-refractivity contribution in [3.8, 4) is 5.75 Å². The van der Waals surface area contributed by atoms with Crippen molar-refractivity contribution in [3.63, 3.8) is 0 Å². The van der Waals surface area contributed by atoms with E-state index in [9.17, 15) is 8.78 Å². The van der Waals surface area contributed by atoms with Gasteiger partial charge in [0.2, 0.25) is 0 Å². The van der Waals surface area contributed by atoms with Crippen LogP contribution in [0.3, 0.4) is 0 Å². The lowest BCUT2D eigenvalue weighted by molar-refractivity contribution is -0.0504. The van der Waals surface area contributed by atoms with Crippen LogP contribution in [0.5, 0.6) is 5.75 Å². The largest absolute Gasteiger partial charge is 0.434 e. The van der Waals surface area contributed by atoms with Crippen molar-refractivity contribution in [1.29, 1.82) is 0 Å². The minimum atomic E-state index is -2.84. The van der Waals surface area contributed by atoms with Gasteiger partial charge >= 0.3 is 6.61 Å². The zero-order valence-electron chi connectivity index (χ0n) is 14.1. The number of aryl methyl sites for hydroxylation is 1. The van der Waals surface area contributed by atoms with E-state index in [1.165, 1.54) is 11.6 Å². The van der Waals surface area contributed by atoms with Gasteiger partial charge in [-0.1, -0.05) is 48.0 Å². The fraction of sp³-hybridized carbons (Fsp3) is 0.278. The van der Waals surface area contributed by atoms with Crippen LogP contribution in [0.4, 0.5) is 8.78 Å². The molecule has 25 heavy (non-hydrogen) atoms. The normalized spacial score (nSPS) is 11.0. The van der Waals surface area contributed by atoms with Crippen LogP contribution in [0.25, 0.3) is 0 Å². The summed E-state index contributed by atoms with van der Waals surface area (Å²) in [5.41, 5.74) is 2.96. The predicted octanol–water partition coefficient (Wildman–Crippen LogP) is 4.08. The number of nitrogens with zero attached hydrogens (tertiary/aromatic N) is 1. The van der Waals surface area contributed by atoms with E-state index in [0.717, 1.165) is 5.56 Å². The number of benzene rings is 2. The van der Waals surface area contributed by atoms with Gasteiger partial charge in [-0.25, -0.2) is 0 Å². The van der Waals surface area contributed by atoms with Crippen LogP contribution in [-0.4, -0.2) is 19.6 Å². The van der Waals surface area contributed by atoms with E-state index in [-0.39, 0.29) is 29.7 Å². The molecule has 4 nitrogen and oxygen atoms in total. The topological polar surface area (TPSA) is 45.7 Å². The van der Waals surface area contributed by atoms with E-state index >= 15 is 0 Å². The second-order valence-corrected chi connectivity index (χ2v) is 5.25. The fourth-order valence-electron chi connectivity index (χ4n) is 2.27. The lowest BCUT2D eigenvalue weighted by atomic mass is 10.1.